The molecule has 0 aliphatic heterocycles. The number of hydrogen-bond donors (Lipinski definition) is 4. The van der Waals surface area contributed by atoms with Gasteiger partial charge in [0, 0.05) is 18.2 Å². The van der Waals surface area contributed by atoms with Crippen LogP contribution in [0, 0.1) is 0 Å². The van der Waals surface area contributed by atoms with Crippen molar-refractivity contribution < 1.29 is 34.4 Å². The SMILES string of the molecule is O=C[C@@H](CCC(=O)O)Nc1cc2c(=O)c3cc(O)c(O)cc3oc2cc1[O-].[Ca+2]. The van der Waals surface area contributed by atoms with Gasteiger partial charge in [0.15, 0.2) is 11.5 Å². The minimum absolute atomic E-state index is 0. The number of rotatable bonds is 6. The first-order valence-electron chi connectivity index (χ1n) is 7.87. The molecule has 0 amide bonds. The van der Waals surface area contributed by atoms with Gasteiger partial charge >= 0.3 is 43.7 Å². The standard InChI is InChI=1S/C18H15NO8.Ca/c20-7-8(1-2-17(24)25)19-11-3-9-15(5-12(11)21)27-16-6-14(23)13(22)4-10(16)18(9)26;/h3-8,19,21-23H,1-2H2,(H,24,25);/q;+2/p-1/t8-;/m1./s1. The molecular formula is C18H14CaNO8+. The molecule has 10 heteroatoms. The zero-order valence-electron chi connectivity index (χ0n) is 14.5. The van der Waals surface area contributed by atoms with Gasteiger partial charge in [-0.2, -0.15) is 0 Å². The predicted molar refractivity (Wildman–Crippen MR) is 98.9 cm³/mol. The van der Waals surface area contributed by atoms with Gasteiger partial charge in [-0.3, -0.25) is 9.59 Å². The Morgan fingerprint density at radius 3 is 2.39 bits per heavy atom. The van der Waals surface area contributed by atoms with Gasteiger partial charge in [-0.15, -0.1) is 0 Å². The molecule has 28 heavy (non-hydrogen) atoms. The van der Waals surface area contributed by atoms with E-state index in [4.69, 9.17) is 9.52 Å². The minimum atomic E-state index is -1.08. The fraction of sp³-hybridized carbons (Fsp3) is 0.167. The van der Waals surface area contributed by atoms with Crippen molar-refractivity contribution in [2.45, 2.75) is 18.9 Å². The van der Waals surface area contributed by atoms with E-state index in [9.17, 15) is 29.7 Å². The first-order valence-corrected chi connectivity index (χ1v) is 7.87. The van der Waals surface area contributed by atoms with Gasteiger partial charge in [0.2, 0.25) is 5.43 Å². The number of carboxylic acid groups (broad SMARTS) is 1. The van der Waals surface area contributed by atoms with Gasteiger partial charge in [0.1, 0.15) is 17.5 Å². The summed E-state index contributed by atoms with van der Waals surface area (Å²) in [4.78, 5) is 34.4. The summed E-state index contributed by atoms with van der Waals surface area (Å²) in [6, 6.07) is 3.47. The summed E-state index contributed by atoms with van der Waals surface area (Å²) in [6.45, 7) is 0. The predicted octanol–water partition coefficient (Wildman–Crippen LogP) is 0.894. The van der Waals surface area contributed by atoms with Gasteiger partial charge in [-0.05, 0) is 24.6 Å². The Balaban J connectivity index is 0.00000280. The molecule has 0 bridgehead atoms. The third-order valence-electron chi connectivity index (χ3n) is 4.04. The van der Waals surface area contributed by atoms with Crippen molar-refractivity contribution in [1.29, 1.82) is 0 Å². The summed E-state index contributed by atoms with van der Waals surface area (Å²) >= 11 is 0. The van der Waals surface area contributed by atoms with E-state index in [1.807, 2.05) is 0 Å². The van der Waals surface area contributed by atoms with Crippen LogP contribution in [0.2, 0.25) is 0 Å². The maximum atomic E-state index is 12.7. The molecule has 9 nitrogen and oxygen atoms in total. The number of carbonyl (C=O) groups is 2. The maximum absolute atomic E-state index is 12.7. The van der Waals surface area contributed by atoms with Crippen LogP contribution < -0.4 is 15.9 Å². The first-order chi connectivity index (χ1) is 12.8. The van der Waals surface area contributed by atoms with E-state index in [-0.39, 0.29) is 78.2 Å². The normalized spacial score (nSPS) is 11.7. The van der Waals surface area contributed by atoms with Crippen LogP contribution in [-0.4, -0.2) is 71.4 Å². The molecule has 140 valence electrons. The smallest absolute Gasteiger partial charge is 0.871 e. The molecule has 0 saturated heterocycles. The third kappa shape index (κ3) is 4.32. The number of nitrogens with one attached hydrogen (secondary N) is 1. The molecule has 0 radical (unpaired) electrons. The van der Waals surface area contributed by atoms with E-state index in [0.29, 0.717) is 6.29 Å². The molecule has 0 spiro atoms. The number of fused-ring (bicyclic) bond motifs is 2. The van der Waals surface area contributed by atoms with E-state index in [1.54, 1.807) is 0 Å². The monoisotopic (exact) mass is 412 g/mol. The van der Waals surface area contributed by atoms with Crippen LogP contribution >= 0.6 is 0 Å². The Labute approximate surface area is 187 Å². The molecule has 0 saturated carbocycles. The quantitative estimate of drug-likeness (QED) is 0.199. The van der Waals surface area contributed by atoms with Crippen molar-refractivity contribution in [3.8, 4) is 17.2 Å². The fourth-order valence-electron chi connectivity index (χ4n) is 2.67. The second-order valence-corrected chi connectivity index (χ2v) is 5.93. The second kappa shape index (κ2) is 8.68. The molecule has 0 aliphatic carbocycles. The Morgan fingerprint density at radius 2 is 1.75 bits per heavy atom. The van der Waals surface area contributed by atoms with Gasteiger partial charge in [0.05, 0.1) is 16.8 Å². The van der Waals surface area contributed by atoms with Crippen molar-refractivity contribution in [2.24, 2.45) is 0 Å². The van der Waals surface area contributed by atoms with E-state index in [2.05, 4.69) is 5.32 Å². The van der Waals surface area contributed by atoms with Gasteiger partial charge in [-0.25, -0.2) is 0 Å². The van der Waals surface area contributed by atoms with Crippen LogP contribution in [0.3, 0.4) is 0 Å². The molecule has 0 unspecified atom stereocenters. The Morgan fingerprint density at radius 1 is 1.14 bits per heavy atom. The van der Waals surface area contributed by atoms with Crippen molar-refractivity contribution in [1.82, 2.24) is 0 Å². The number of aromatic hydroxyl groups is 2. The number of anilines is 1. The van der Waals surface area contributed by atoms with Crippen LogP contribution in [-0.2, 0) is 9.59 Å². The van der Waals surface area contributed by atoms with Crippen LogP contribution in [0.4, 0.5) is 5.69 Å². The van der Waals surface area contributed by atoms with Crippen molar-refractivity contribution in [3.05, 3.63) is 34.5 Å². The van der Waals surface area contributed by atoms with E-state index in [0.717, 1.165) is 18.2 Å². The molecule has 3 aromatic rings. The second-order valence-electron chi connectivity index (χ2n) is 5.93. The number of benzene rings is 2. The zero-order chi connectivity index (χ0) is 19.7. The van der Waals surface area contributed by atoms with Gasteiger partial charge in [-0.1, -0.05) is 5.75 Å². The van der Waals surface area contributed by atoms with Crippen LogP contribution in [0.1, 0.15) is 12.8 Å². The molecule has 1 atom stereocenters. The van der Waals surface area contributed by atoms with Crippen LogP contribution in [0.25, 0.3) is 21.9 Å². The minimum Gasteiger partial charge on any atom is -0.871 e. The van der Waals surface area contributed by atoms with E-state index in [1.165, 1.54) is 6.07 Å². The number of carboxylic acids is 1. The molecule has 2 aromatic carbocycles. The molecule has 1 aromatic heterocycles. The average Bonchev–Trinajstić information content (AvgIpc) is 2.61. The Bertz CT molecular complexity index is 1120. The summed E-state index contributed by atoms with van der Waals surface area (Å²) in [5.41, 5.74) is -0.631. The molecular weight excluding hydrogens is 398 g/mol. The number of hydrogen-bond acceptors (Lipinski definition) is 8. The average molecular weight is 412 g/mol. The molecule has 4 N–H and O–H groups in total. The van der Waals surface area contributed by atoms with Gasteiger partial charge < -0.3 is 35.0 Å². The Kier molecular flexibility index (Phi) is 6.76. The molecule has 1 heterocycles. The molecule has 3 rings (SSSR count). The third-order valence-corrected chi connectivity index (χ3v) is 4.04. The summed E-state index contributed by atoms with van der Waals surface area (Å²) in [5, 5.41) is 42.7. The van der Waals surface area contributed by atoms with Crippen molar-refractivity contribution >= 4 is 77.6 Å². The zero-order valence-corrected chi connectivity index (χ0v) is 16.7. The molecule has 0 aliphatic rings. The van der Waals surface area contributed by atoms with Crippen molar-refractivity contribution in [2.75, 3.05) is 5.32 Å². The number of aldehydes is 1. The van der Waals surface area contributed by atoms with E-state index >= 15 is 0 Å². The first kappa shape index (κ1) is 21.8. The van der Waals surface area contributed by atoms with Gasteiger partial charge in [0.25, 0.3) is 0 Å². The number of aliphatic carboxylic acids is 1. The fourth-order valence-corrected chi connectivity index (χ4v) is 2.67. The topological polar surface area (TPSA) is 160 Å². The van der Waals surface area contributed by atoms with Crippen LogP contribution in [0.15, 0.2) is 33.5 Å². The Hall–Kier alpha value is -2.49. The molecule has 0 fully saturated rings. The van der Waals surface area contributed by atoms with E-state index < -0.39 is 34.7 Å². The summed E-state index contributed by atoms with van der Waals surface area (Å²) in [5.74, 6) is -2.62. The van der Waals surface area contributed by atoms with Crippen molar-refractivity contribution in [3.63, 3.8) is 0 Å². The largest absolute Gasteiger partial charge is 2.00 e. The van der Waals surface area contributed by atoms with Crippen LogP contribution in [0.5, 0.6) is 17.2 Å². The maximum Gasteiger partial charge on any atom is 2.00 e. The summed E-state index contributed by atoms with van der Waals surface area (Å²) in [6.07, 6.45) is 0.180. The number of phenols is 2. The number of phenolic OH excluding ortho intramolecular Hbond substituents is 2. The summed E-state index contributed by atoms with van der Waals surface area (Å²) < 4.78 is 5.46. The number of carbonyl (C=O) groups excluding carboxylic acids is 1. The summed E-state index contributed by atoms with van der Waals surface area (Å²) in [7, 11) is 0.